The number of halogens is 1. The van der Waals surface area contributed by atoms with Crippen LogP contribution in [-0.2, 0) is 0 Å². The highest BCUT2D eigenvalue weighted by atomic mass is 79.9. The average molecular weight is 384 g/mol. The molecule has 3 heteroatoms. The Labute approximate surface area is 151 Å². The van der Waals surface area contributed by atoms with Gasteiger partial charge in [0.05, 0.1) is 13.2 Å². The molecule has 2 aliphatic carbocycles. The molecule has 2 nitrogen and oxygen atoms in total. The second kappa shape index (κ2) is 5.52. The van der Waals surface area contributed by atoms with Gasteiger partial charge in [0.25, 0.3) is 0 Å². The van der Waals surface area contributed by atoms with Gasteiger partial charge in [-0.2, -0.15) is 0 Å². The molecule has 2 bridgehead atoms. The maximum Gasteiger partial charge on any atom is 0.119 e. The largest absolute Gasteiger partial charge is 0.497 e. The number of rotatable bonds is 2. The fourth-order valence-corrected chi connectivity index (χ4v) is 5.86. The van der Waals surface area contributed by atoms with Gasteiger partial charge in [0, 0.05) is 10.2 Å². The summed E-state index contributed by atoms with van der Waals surface area (Å²) in [4.78, 5) is 0. The van der Waals surface area contributed by atoms with Crippen molar-refractivity contribution in [3.05, 3.63) is 58.1 Å². The summed E-state index contributed by atoms with van der Waals surface area (Å²) >= 11 is 3.57. The Bertz CT molecular complexity index is 772. The smallest absolute Gasteiger partial charge is 0.119 e. The van der Waals surface area contributed by atoms with Crippen molar-refractivity contribution in [3.63, 3.8) is 0 Å². The summed E-state index contributed by atoms with van der Waals surface area (Å²) in [5.74, 6) is 4.10. The van der Waals surface area contributed by atoms with Gasteiger partial charge < -0.3 is 10.1 Å². The molecule has 124 valence electrons. The summed E-state index contributed by atoms with van der Waals surface area (Å²) in [5, 5.41) is 3.87. The van der Waals surface area contributed by atoms with Crippen LogP contribution in [0.25, 0.3) is 0 Å². The Morgan fingerprint density at radius 3 is 2.62 bits per heavy atom. The minimum atomic E-state index is 0.430. The highest BCUT2D eigenvalue weighted by molar-refractivity contribution is 9.10. The van der Waals surface area contributed by atoms with Crippen molar-refractivity contribution in [2.45, 2.75) is 31.2 Å². The monoisotopic (exact) mass is 383 g/mol. The molecule has 0 aromatic heterocycles. The molecule has 0 unspecified atom stereocenters. The lowest BCUT2D eigenvalue weighted by molar-refractivity contribution is 0.247. The molecule has 0 amide bonds. The molecule has 5 rings (SSSR count). The van der Waals surface area contributed by atoms with E-state index in [0.29, 0.717) is 17.9 Å². The Hall–Kier alpha value is -1.48. The molecule has 1 aliphatic heterocycles. The first-order valence-corrected chi connectivity index (χ1v) is 9.74. The van der Waals surface area contributed by atoms with Gasteiger partial charge in [-0.05, 0) is 84.4 Å². The molecule has 0 saturated heterocycles. The van der Waals surface area contributed by atoms with Gasteiger partial charge in [0.1, 0.15) is 5.75 Å². The third kappa shape index (κ3) is 2.13. The fourth-order valence-electron chi connectivity index (χ4n) is 5.59. The minimum Gasteiger partial charge on any atom is -0.497 e. The third-order valence-electron chi connectivity index (χ3n) is 6.52. The third-order valence-corrected chi connectivity index (χ3v) is 7.05. The van der Waals surface area contributed by atoms with E-state index in [1.807, 2.05) is 0 Å². The molecular weight excluding hydrogens is 362 g/mol. The number of hydrogen-bond acceptors (Lipinski definition) is 2. The molecule has 2 saturated carbocycles. The maximum atomic E-state index is 5.50. The van der Waals surface area contributed by atoms with Crippen LogP contribution in [0.15, 0.2) is 46.9 Å². The van der Waals surface area contributed by atoms with Gasteiger partial charge in [-0.1, -0.05) is 28.1 Å². The molecule has 2 aromatic rings. The number of benzene rings is 2. The molecule has 0 spiro atoms. The van der Waals surface area contributed by atoms with E-state index >= 15 is 0 Å². The molecule has 3 aliphatic rings. The Morgan fingerprint density at radius 2 is 1.83 bits per heavy atom. The van der Waals surface area contributed by atoms with E-state index in [9.17, 15) is 0 Å². The number of hydrogen-bond donors (Lipinski definition) is 1. The highest BCUT2D eigenvalue weighted by Gasteiger charge is 2.53. The average Bonchev–Trinajstić information content (AvgIpc) is 3.23. The van der Waals surface area contributed by atoms with Crippen molar-refractivity contribution in [3.8, 4) is 5.75 Å². The second-order valence-electron chi connectivity index (χ2n) is 7.56. The van der Waals surface area contributed by atoms with Crippen LogP contribution in [0.2, 0.25) is 0 Å². The van der Waals surface area contributed by atoms with Crippen molar-refractivity contribution in [1.29, 1.82) is 0 Å². The Balaban J connectivity index is 1.62. The van der Waals surface area contributed by atoms with Crippen molar-refractivity contribution in [2.75, 3.05) is 12.4 Å². The number of methoxy groups -OCH3 is 1. The summed E-state index contributed by atoms with van der Waals surface area (Å²) in [6.45, 7) is 0. The zero-order chi connectivity index (χ0) is 16.3. The van der Waals surface area contributed by atoms with E-state index in [-0.39, 0.29) is 0 Å². The quantitative estimate of drug-likeness (QED) is 0.712. The standard InChI is InChI=1S/C21H22BrNO/c1-24-16-8-9-18-17(11-16)19-13-2-3-14(10-13)20(19)21(23-18)12-4-6-15(22)7-5-12/h4-9,11,13-14,19-21,23H,2-3,10H2,1H3/t13-,14+,19-,20-,21+/m1/s1. The van der Waals surface area contributed by atoms with Crippen molar-refractivity contribution in [2.24, 2.45) is 17.8 Å². The molecule has 0 radical (unpaired) electrons. The molecule has 5 atom stereocenters. The minimum absolute atomic E-state index is 0.430. The molecule has 1 heterocycles. The first-order valence-electron chi connectivity index (χ1n) is 8.94. The molecule has 24 heavy (non-hydrogen) atoms. The summed E-state index contributed by atoms with van der Waals surface area (Å²) < 4.78 is 6.65. The summed E-state index contributed by atoms with van der Waals surface area (Å²) in [6.07, 6.45) is 4.20. The van der Waals surface area contributed by atoms with Gasteiger partial charge in [-0.25, -0.2) is 0 Å². The number of anilines is 1. The maximum absolute atomic E-state index is 5.50. The number of ether oxygens (including phenoxy) is 1. The lowest BCUT2D eigenvalue weighted by Crippen LogP contribution is -2.35. The van der Waals surface area contributed by atoms with Crippen molar-refractivity contribution < 1.29 is 4.74 Å². The van der Waals surface area contributed by atoms with Crippen molar-refractivity contribution >= 4 is 21.6 Å². The van der Waals surface area contributed by atoms with E-state index < -0.39 is 0 Å². The lowest BCUT2D eigenvalue weighted by atomic mass is 9.68. The van der Waals surface area contributed by atoms with Crippen LogP contribution in [0.1, 0.15) is 42.3 Å². The van der Waals surface area contributed by atoms with Crippen LogP contribution in [0.3, 0.4) is 0 Å². The molecule has 2 aromatic carbocycles. The topological polar surface area (TPSA) is 21.3 Å². The van der Waals surface area contributed by atoms with E-state index in [0.717, 1.165) is 22.1 Å². The van der Waals surface area contributed by atoms with Gasteiger partial charge in [0.2, 0.25) is 0 Å². The van der Waals surface area contributed by atoms with Crippen molar-refractivity contribution in [1.82, 2.24) is 0 Å². The predicted molar refractivity (Wildman–Crippen MR) is 101 cm³/mol. The SMILES string of the molecule is COc1ccc2c(c1)[C@H]1[C@@H]3CC[C@@H](C3)[C@H]1[C@H](c1ccc(Br)cc1)N2. The first-order chi connectivity index (χ1) is 11.7. The molecule has 2 fully saturated rings. The Morgan fingerprint density at radius 1 is 1.04 bits per heavy atom. The van der Waals surface area contributed by atoms with E-state index in [1.165, 1.54) is 36.1 Å². The van der Waals surface area contributed by atoms with Crippen LogP contribution >= 0.6 is 15.9 Å². The van der Waals surface area contributed by atoms with Crippen LogP contribution in [0, 0.1) is 17.8 Å². The Kier molecular flexibility index (Phi) is 3.41. The zero-order valence-electron chi connectivity index (χ0n) is 13.8. The van der Waals surface area contributed by atoms with Crippen LogP contribution < -0.4 is 10.1 Å². The van der Waals surface area contributed by atoms with Gasteiger partial charge in [0.15, 0.2) is 0 Å². The van der Waals surface area contributed by atoms with Gasteiger partial charge in [-0.3, -0.25) is 0 Å². The second-order valence-corrected chi connectivity index (χ2v) is 8.48. The van der Waals surface area contributed by atoms with E-state index in [4.69, 9.17) is 4.74 Å². The van der Waals surface area contributed by atoms with Gasteiger partial charge in [-0.15, -0.1) is 0 Å². The highest BCUT2D eigenvalue weighted by Crippen LogP contribution is 2.63. The van der Waals surface area contributed by atoms with Crippen LogP contribution in [0.5, 0.6) is 5.75 Å². The lowest BCUT2D eigenvalue weighted by Gasteiger charge is -2.43. The predicted octanol–water partition coefficient (Wildman–Crippen LogP) is 5.75. The summed E-state index contributed by atoms with van der Waals surface area (Å²) in [7, 11) is 1.76. The summed E-state index contributed by atoms with van der Waals surface area (Å²) in [5.41, 5.74) is 4.21. The normalized spacial score (nSPS) is 32.8. The first kappa shape index (κ1) is 14.8. The molecule has 1 N–H and O–H groups in total. The number of fused-ring (bicyclic) bond motifs is 7. The van der Waals surface area contributed by atoms with Crippen LogP contribution in [-0.4, -0.2) is 7.11 Å². The van der Waals surface area contributed by atoms with Gasteiger partial charge >= 0.3 is 0 Å². The number of nitrogens with one attached hydrogen (secondary N) is 1. The molecular formula is C21H22BrNO. The fraction of sp³-hybridized carbons (Fsp3) is 0.429. The van der Waals surface area contributed by atoms with E-state index in [2.05, 4.69) is 63.7 Å². The van der Waals surface area contributed by atoms with E-state index in [1.54, 1.807) is 7.11 Å². The summed E-state index contributed by atoms with van der Waals surface area (Å²) in [6, 6.07) is 15.9. The zero-order valence-corrected chi connectivity index (χ0v) is 15.4. The van der Waals surface area contributed by atoms with Crippen LogP contribution in [0.4, 0.5) is 5.69 Å².